The van der Waals surface area contributed by atoms with E-state index in [0.717, 1.165) is 32.6 Å². The Labute approximate surface area is 105 Å². The van der Waals surface area contributed by atoms with Gasteiger partial charge < -0.3 is 4.42 Å². The van der Waals surface area contributed by atoms with E-state index in [1.54, 1.807) is 6.20 Å². The smallest absolute Gasteiger partial charge is 0.227 e. The summed E-state index contributed by atoms with van der Waals surface area (Å²) in [6, 6.07) is 13.8. The molecular weight excluding hydrogens is 221 g/mol. The zero-order valence-corrected chi connectivity index (χ0v) is 9.55. The van der Waals surface area contributed by atoms with Gasteiger partial charge in [-0.15, -0.1) is 0 Å². The van der Waals surface area contributed by atoms with Crippen LogP contribution in [0.3, 0.4) is 0 Å². The third-order valence-corrected chi connectivity index (χ3v) is 3.30. The maximum atomic E-state index is 6.01. The van der Waals surface area contributed by atoms with Crippen LogP contribution in [-0.4, -0.2) is 12.8 Å². The van der Waals surface area contributed by atoms with Crippen LogP contribution in [0.2, 0.25) is 0 Å². The third kappa shape index (κ3) is 1.16. The maximum absolute atomic E-state index is 6.01. The lowest BCUT2D eigenvalue weighted by molar-refractivity contribution is 0.654. The number of furan rings is 1. The van der Waals surface area contributed by atoms with Crippen LogP contribution in [0, 0.1) is 0 Å². The predicted octanol–water partition coefficient (Wildman–Crippen LogP) is 2.93. The summed E-state index contributed by atoms with van der Waals surface area (Å²) in [5.74, 6) is 0. The number of pyridine rings is 1. The average Bonchev–Trinajstić information content (AvgIpc) is 2.77. The highest BCUT2D eigenvalue weighted by Gasteiger charge is 2.10. The van der Waals surface area contributed by atoms with E-state index in [4.69, 9.17) is 12.3 Å². The van der Waals surface area contributed by atoms with Gasteiger partial charge in [0, 0.05) is 17.0 Å². The molecule has 0 spiro atoms. The van der Waals surface area contributed by atoms with Crippen LogP contribution in [0.4, 0.5) is 0 Å². The van der Waals surface area contributed by atoms with Gasteiger partial charge in [-0.05, 0) is 29.0 Å². The Hall–Kier alpha value is -2.29. The fourth-order valence-corrected chi connectivity index (χ4v) is 2.49. The van der Waals surface area contributed by atoms with Gasteiger partial charge in [-0.1, -0.05) is 29.7 Å². The Morgan fingerprint density at radius 3 is 2.72 bits per heavy atom. The molecule has 0 bridgehead atoms. The van der Waals surface area contributed by atoms with Gasteiger partial charge in [-0.25, -0.2) is 4.98 Å². The number of hydrogen-bond donors (Lipinski definition) is 0. The molecule has 2 aromatic carbocycles. The number of fused-ring (bicyclic) bond motifs is 5. The van der Waals surface area contributed by atoms with Crippen molar-refractivity contribution in [2.75, 3.05) is 0 Å². The number of rotatable bonds is 0. The monoisotopic (exact) mass is 229 g/mol. The summed E-state index contributed by atoms with van der Waals surface area (Å²) in [6.07, 6.45) is 1.74. The molecule has 0 amide bonds. The Kier molecular flexibility index (Phi) is 1.81. The van der Waals surface area contributed by atoms with E-state index in [1.165, 1.54) is 0 Å². The molecule has 0 N–H and O–H groups in total. The molecule has 18 heavy (non-hydrogen) atoms. The summed E-state index contributed by atoms with van der Waals surface area (Å²) in [6.45, 7) is 0. The Morgan fingerprint density at radius 2 is 1.78 bits per heavy atom. The minimum Gasteiger partial charge on any atom is -0.438 e. The molecule has 0 saturated carbocycles. The highest BCUT2D eigenvalue weighted by Crippen LogP contribution is 2.32. The SMILES string of the molecule is [B]c1cccc2c1ccc1oc3ncccc3c12. The van der Waals surface area contributed by atoms with Crippen molar-refractivity contribution in [3.8, 4) is 0 Å². The van der Waals surface area contributed by atoms with Gasteiger partial charge in [0.2, 0.25) is 5.71 Å². The number of hydrogen-bond acceptors (Lipinski definition) is 2. The lowest BCUT2D eigenvalue weighted by atomic mass is 9.89. The summed E-state index contributed by atoms with van der Waals surface area (Å²) in [5.41, 5.74) is 2.30. The van der Waals surface area contributed by atoms with E-state index < -0.39 is 0 Å². The molecule has 0 saturated heterocycles. The maximum Gasteiger partial charge on any atom is 0.227 e. The van der Waals surface area contributed by atoms with E-state index in [-0.39, 0.29) is 0 Å². The van der Waals surface area contributed by atoms with Crippen molar-refractivity contribution in [2.45, 2.75) is 0 Å². The van der Waals surface area contributed by atoms with Gasteiger partial charge in [0.05, 0.1) is 0 Å². The molecular formula is C15H8BNO. The molecule has 4 aromatic rings. The van der Waals surface area contributed by atoms with Crippen molar-refractivity contribution in [2.24, 2.45) is 0 Å². The zero-order chi connectivity index (χ0) is 12.1. The molecule has 3 heteroatoms. The molecule has 2 radical (unpaired) electrons. The molecule has 0 fully saturated rings. The molecule has 0 unspecified atom stereocenters. The second kappa shape index (κ2) is 3.36. The van der Waals surface area contributed by atoms with Crippen molar-refractivity contribution >= 4 is 46.2 Å². The van der Waals surface area contributed by atoms with Crippen molar-refractivity contribution < 1.29 is 4.42 Å². The minimum atomic E-state index is 0.669. The largest absolute Gasteiger partial charge is 0.438 e. The fourth-order valence-electron chi connectivity index (χ4n) is 2.49. The van der Waals surface area contributed by atoms with E-state index in [0.29, 0.717) is 5.71 Å². The summed E-state index contributed by atoms with van der Waals surface area (Å²) in [4.78, 5) is 4.25. The summed E-state index contributed by atoms with van der Waals surface area (Å²) < 4.78 is 5.75. The van der Waals surface area contributed by atoms with Crippen molar-refractivity contribution in [1.29, 1.82) is 0 Å². The molecule has 0 aliphatic carbocycles. The van der Waals surface area contributed by atoms with Gasteiger partial charge in [0.25, 0.3) is 0 Å². The molecule has 4 rings (SSSR count). The lowest BCUT2D eigenvalue weighted by Crippen LogP contribution is -2.02. The summed E-state index contributed by atoms with van der Waals surface area (Å²) in [7, 11) is 6.01. The second-order valence-electron chi connectivity index (χ2n) is 4.34. The van der Waals surface area contributed by atoms with Crippen LogP contribution in [0.1, 0.15) is 0 Å². The highest BCUT2D eigenvalue weighted by molar-refractivity contribution is 6.40. The Morgan fingerprint density at radius 1 is 0.889 bits per heavy atom. The first kappa shape index (κ1) is 9.72. The van der Waals surface area contributed by atoms with Crippen LogP contribution in [0.25, 0.3) is 32.8 Å². The summed E-state index contributed by atoms with van der Waals surface area (Å²) in [5, 5.41) is 4.28. The first-order valence-electron chi connectivity index (χ1n) is 5.79. The normalized spacial score (nSPS) is 11.6. The highest BCUT2D eigenvalue weighted by atomic mass is 16.3. The molecule has 82 valence electrons. The van der Waals surface area contributed by atoms with Crippen LogP contribution in [0.5, 0.6) is 0 Å². The minimum absolute atomic E-state index is 0.669. The quantitative estimate of drug-likeness (QED) is 0.433. The van der Waals surface area contributed by atoms with Crippen LogP contribution < -0.4 is 5.46 Å². The van der Waals surface area contributed by atoms with Crippen molar-refractivity contribution in [1.82, 2.24) is 4.98 Å². The number of benzene rings is 2. The van der Waals surface area contributed by atoms with Crippen LogP contribution in [-0.2, 0) is 0 Å². The standard InChI is InChI=1S/C15H8BNO/c16-12-5-1-3-10-9(12)6-7-13-14(10)11-4-2-8-17-15(11)18-13/h1-8H. The van der Waals surface area contributed by atoms with Crippen molar-refractivity contribution in [3.05, 3.63) is 48.7 Å². The van der Waals surface area contributed by atoms with Gasteiger partial charge in [0.1, 0.15) is 13.4 Å². The van der Waals surface area contributed by atoms with Gasteiger partial charge in [0.15, 0.2) is 0 Å². The second-order valence-corrected chi connectivity index (χ2v) is 4.34. The molecule has 0 aliphatic rings. The molecule has 2 heterocycles. The van der Waals surface area contributed by atoms with E-state index in [1.807, 2.05) is 36.4 Å². The van der Waals surface area contributed by atoms with Crippen molar-refractivity contribution in [3.63, 3.8) is 0 Å². The van der Waals surface area contributed by atoms with Gasteiger partial charge >= 0.3 is 0 Å². The van der Waals surface area contributed by atoms with E-state index in [2.05, 4.69) is 11.1 Å². The van der Waals surface area contributed by atoms with Crippen LogP contribution in [0.15, 0.2) is 53.1 Å². The van der Waals surface area contributed by atoms with E-state index >= 15 is 0 Å². The first-order chi connectivity index (χ1) is 8.84. The third-order valence-electron chi connectivity index (χ3n) is 3.30. The molecule has 2 nitrogen and oxygen atoms in total. The molecule has 0 aliphatic heterocycles. The average molecular weight is 229 g/mol. The molecule has 0 atom stereocenters. The van der Waals surface area contributed by atoms with Gasteiger partial charge in [-0.3, -0.25) is 0 Å². The number of aromatic nitrogens is 1. The zero-order valence-electron chi connectivity index (χ0n) is 9.55. The summed E-state index contributed by atoms with van der Waals surface area (Å²) >= 11 is 0. The van der Waals surface area contributed by atoms with E-state index in [9.17, 15) is 0 Å². The predicted molar refractivity (Wildman–Crippen MR) is 74.4 cm³/mol. The van der Waals surface area contributed by atoms with Gasteiger partial charge in [-0.2, -0.15) is 0 Å². The molecule has 2 aromatic heterocycles. The number of nitrogens with zero attached hydrogens (tertiary/aromatic N) is 1. The Balaban J connectivity index is 2.37. The lowest BCUT2D eigenvalue weighted by Gasteiger charge is -2.02. The topological polar surface area (TPSA) is 26.0 Å². The fraction of sp³-hybridized carbons (Fsp3) is 0. The van der Waals surface area contributed by atoms with Crippen LogP contribution >= 0.6 is 0 Å². The first-order valence-corrected chi connectivity index (χ1v) is 5.79. The Bertz CT molecular complexity index is 895.